The van der Waals surface area contributed by atoms with Crippen molar-refractivity contribution >= 4 is 83.9 Å². The zero-order chi connectivity index (χ0) is 49.2. The molecule has 12 aromatic rings. The number of aromatic nitrogens is 12. The van der Waals surface area contributed by atoms with E-state index in [1.165, 1.54) is 0 Å². The monoisotopic (exact) mass is 1010 g/mol. The maximum absolute atomic E-state index is 9.32. The van der Waals surface area contributed by atoms with Gasteiger partial charge in [-0.2, -0.15) is 0 Å². The number of hydrogen-bond acceptors (Lipinski definition) is 14. The highest BCUT2D eigenvalue weighted by Crippen LogP contribution is 2.30. The Hall–Kier alpha value is -9.55. The maximum atomic E-state index is 9.32. The number of phenols is 1. The summed E-state index contributed by atoms with van der Waals surface area (Å²) in [5.41, 5.74) is 11.8. The zero-order valence-electron chi connectivity index (χ0n) is 38.7. The minimum atomic E-state index is 0.219. The summed E-state index contributed by atoms with van der Waals surface area (Å²) < 4.78 is 6.50. The topological polar surface area (TPSA) is 229 Å². The highest BCUT2D eigenvalue weighted by atomic mass is 79.9. The second-order valence-electron chi connectivity index (χ2n) is 15.9. The van der Waals surface area contributed by atoms with Crippen molar-refractivity contribution < 1.29 is 9.84 Å². The van der Waals surface area contributed by atoms with Crippen LogP contribution in [0.5, 0.6) is 11.5 Å². The van der Waals surface area contributed by atoms with Crippen LogP contribution in [0.15, 0.2) is 182 Å². The van der Waals surface area contributed by atoms with Gasteiger partial charge in [-0.1, -0.05) is 15.9 Å². The molecule has 18 heteroatoms. The molecular weight excluding hydrogens is 971 g/mol. The number of rotatable bonds is 11. The van der Waals surface area contributed by atoms with Gasteiger partial charge in [0.1, 0.15) is 28.4 Å². The van der Waals surface area contributed by atoms with E-state index in [9.17, 15) is 5.11 Å². The number of ether oxygens (including phenoxy) is 1. The Labute approximate surface area is 420 Å². The predicted molar refractivity (Wildman–Crippen MR) is 286 cm³/mol. The van der Waals surface area contributed by atoms with Crippen molar-refractivity contribution in [1.29, 1.82) is 0 Å². The lowest BCUT2D eigenvalue weighted by molar-refractivity contribution is 0.340. The third-order valence-electron chi connectivity index (χ3n) is 11.1. The Kier molecular flexibility index (Phi) is 13.7. The molecule has 0 amide bonds. The fourth-order valence-electron chi connectivity index (χ4n) is 7.70. The van der Waals surface area contributed by atoms with Gasteiger partial charge in [0.25, 0.3) is 0 Å². The fourth-order valence-corrected chi connectivity index (χ4v) is 8.18. The molecule has 0 fully saturated rings. The van der Waals surface area contributed by atoms with Crippen molar-refractivity contribution in [3.63, 3.8) is 0 Å². The van der Waals surface area contributed by atoms with Gasteiger partial charge >= 0.3 is 0 Å². The van der Waals surface area contributed by atoms with Gasteiger partial charge in [0.2, 0.25) is 17.8 Å². The van der Waals surface area contributed by atoms with Gasteiger partial charge in [-0.05, 0) is 141 Å². The van der Waals surface area contributed by atoms with E-state index >= 15 is 0 Å². The molecule has 0 unspecified atom stereocenters. The molecule has 72 heavy (non-hydrogen) atoms. The molecule has 7 N–H and O–H groups in total. The summed E-state index contributed by atoms with van der Waals surface area (Å²) in [6, 6.07) is 38.0. The maximum Gasteiger partial charge on any atom is 0.227 e. The van der Waals surface area contributed by atoms with Gasteiger partial charge in [-0.3, -0.25) is 0 Å². The van der Waals surface area contributed by atoms with Crippen molar-refractivity contribution in [2.75, 3.05) is 22.6 Å². The summed E-state index contributed by atoms with van der Waals surface area (Å²) in [6.45, 7) is 4.66. The smallest absolute Gasteiger partial charge is 0.227 e. The number of benzene rings is 3. The molecule has 9 heterocycles. The molecule has 0 spiro atoms. The lowest BCUT2D eigenvalue weighted by atomic mass is 10.1. The number of nitrogens with one attached hydrogen (secondary N) is 6. The molecule has 17 nitrogen and oxygen atoms in total. The number of hydrogen-bond donors (Lipinski definition) is 7. The molecule has 0 aliphatic heterocycles. The van der Waals surface area contributed by atoms with Gasteiger partial charge in [-0.25, -0.2) is 44.9 Å². The van der Waals surface area contributed by atoms with E-state index in [0.29, 0.717) is 24.5 Å². The van der Waals surface area contributed by atoms with Crippen LogP contribution < -0.4 is 20.7 Å². The van der Waals surface area contributed by atoms with E-state index in [4.69, 9.17) is 4.74 Å². The standard InChI is InChI=1S/C19H17N5O.C18H14BrN5.C17H13N5O/c1-2-25-14-7-5-13(6-8-14)23-19-21-11-9-17(24-19)16-12-22-18-15(16)4-3-10-20-18;1-11-9-12(19)4-5-15(11)23-18-21-8-6-16(24-18)14-10-22-17-13(14)3-2-7-20-17;23-12-5-3-11(4-6-12)21-17-19-9-7-15(22-17)14-10-20-16-13(14)2-1-8-18-16/h3-12H,2H2,1H3,(H,20,22)(H,21,23,24);2-10H,1H3,(H,20,22)(H,21,23,24);1-10,23H,(H,18,20)(H,19,21,22). The molecule has 0 saturated heterocycles. The summed E-state index contributed by atoms with van der Waals surface area (Å²) in [7, 11) is 0. The summed E-state index contributed by atoms with van der Waals surface area (Å²) in [5.74, 6) is 2.66. The van der Waals surface area contributed by atoms with Crippen molar-refractivity contribution in [2.45, 2.75) is 13.8 Å². The fraction of sp³-hybridized carbons (Fsp3) is 0.0556. The summed E-state index contributed by atoms with van der Waals surface area (Å²) in [5, 5.41) is 22.0. The SMILES string of the molecule is CCOc1ccc(Nc2nccc(-c3c[nH]c4ncccc34)n2)cc1.Cc1cc(Br)ccc1Nc1nccc(-c2c[nH]c3ncccc23)n1.Oc1ccc(Nc2nccc(-c3c[nH]c4ncccc34)n2)cc1. The van der Waals surface area contributed by atoms with E-state index < -0.39 is 0 Å². The minimum absolute atomic E-state index is 0.219. The number of aryl methyl sites for hydroxylation is 1. The lowest BCUT2D eigenvalue weighted by Crippen LogP contribution is -1.99. The van der Waals surface area contributed by atoms with Gasteiger partial charge in [0.05, 0.1) is 23.7 Å². The third kappa shape index (κ3) is 10.8. The molecule has 0 radical (unpaired) electrons. The van der Waals surface area contributed by atoms with Crippen molar-refractivity contribution in [1.82, 2.24) is 59.8 Å². The molecule has 9 aromatic heterocycles. The number of H-pyrrole nitrogens is 3. The minimum Gasteiger partial charge on any atom is -0.508 e. The molecule has 354 valence electrons. The number of pyridine rings is 3. The highest BCUT2D eigenvalue weighted by Gasteiger charge is 2.13. The van der Waals surface area contributed by atoms with Crippen LogP contribution in [0.25, 0.3) is 66.9 Å². The quantitative estimate of drug-likeness (QED) is 0.0598. The zero-order valence-corrected chi connectivity index (χ0v) is 40.3. The average Bonchev–Trinajstić information content (AvgIpc) is 4.17. The normalized spacial score (nSPS) is 10.8. The van der Waals surface area contributed by atoms with Crippen LogP contribution in [0.3, 0.4) is 0 Å². The van der Waals surface area contributed by atoms with Crippen LogP contribution in [0.4, 0.5) is 34.9 Å². The number of aromatic hydroxyl groups is 1. The van der Waals surface area contributed by atoms with Crippen LogP contribution >= 0.6 is 15.9 Å². The molecule has 0 aliphatic rings. The van der Waals surface area contributed by atoms with E-state index in [1.807, 2.05) is 123 Å². The second-order valence-corrected chi connectivity index (χ2v) is 16.9. The lowest BCUT2D eigenvalue weighted by Gasteiger charge is -2.09. The van der Waals surface area contributed by atoms with Gasteiger partial charge < -0.3 is 40.7 Å². The predicted octanol–water partition coefficient (Wildman–Crippen LogP) is 12.5. The molecule has 0 bridgehead atoms. The molecule has 12 rings (SSSR count). The van der Waals surface area contributed by atoms with Crippen molar-refractivity contribution in [3.05, 3.63) is 187 Å². The summed E-state index contributed by atoms with van der Waals surface area (Å²) >= 11 is 3.47. The number of fused-ring (bicyclic) bond motifs is 3. The molecular formula is C54H44BrN15O2. The number of halogens is 1. The Bertz CT molecular complexity index is 3760. The molecule has 0 saturated carbocycles. The van der Waals surface area contributed by atoms with E-state index in [1.54, 1.807) is 61.4 Å². The molecule has 0 atom stereocenters. The Morgan fingerprint density at radius 2 is 0.931 bits per heavy atom. The van der Waals surface area contributed by atoms with E-state index in [2.05, 4.69) is 97.8 Å². The van der Waals surface area contributed by atoms with Crippen LogP contribution in [0.1, 0.15) is 12.5 Å². The first-order valence-corrected chi connectivity index (χ1v) is 23.5. The van der Waals surface area contributed by atoms with Gasteiger partial charge in [0, 0.05) is 110 Å². The van der Waals surface area contributed by atoms with Crippen molar-refractivity contribution in [2.24, 2.45) is 0 Å². The van der Waals surface area contributed by atoms with Crippen LogP contribution in [-0.4, -0.2) is 71.5 Å². The third-order valence-corrected chi connectivity index (χ3v) is 11.6. The number of aromatic amines is 3. The molecule has 0 aliphatic carbocycles. The van der Waals surface area contributed by atoms with Gasteiger partial charge in [-0.15, -0.1) is 0 Å². The second kappa shape index (κ2) is 21.4. The summed E-state index contributed by atoms with van der Waals surface area (Å²) in [4.78, 5) is 49.1. The first-order chi connectivity index (χ1) is 35.3. The Balaban J connectivity index is 0.000000124. The van der Waals surface area contributed by atoms with Gasteiger partial charge in [0.15, 0.2) is 0 Å². The highest BCUT2D eigenvalue weighted by molar-refractivity contribution is 9.10. The first kappa shape index (κ1) is 46.2. The number of anilines is 6. The summed E-state index contributed by atoms with van der Waals surface area (Å²) in [6.07, 6.45) is 16.2. The average molecular weight is 1010 g/mol. The van der Waals surface area contributed by atoms with Crippen LogP contribution in [0.2, 0.25) is 0 Å². The van der Waals surface area contributed by atoms with Crippen LogP contribution in [-0.2, 0) is 0 Å². The van der Waals surface area contributed by atoms with E-state index in [-0.39, 0.29) is 5.75 Å². The largest absolute Gasteiger partial charge is 0.508 e. The van der Waals surface area contributed by atoms with E-state index in [0.717, 1.165) is 99.7 Å². The number of phenolic OH excluding ortho intramolecular Hbond substituents is 1. The van der Waals surface area contributed by atoms with Crippen LogP contribution in [0, 0.1) is 6.92 Å². The molecule has 3 aromatic carbocycles. The first-order valence-electron chi connectivity index (χ1n) is 22.7. The number of nitrogens with zero attached hydrogens (tertiary/aromatic N) is 9. The van der Waals surface area contributed by atoms with Crippen molar-refractivity contribution in [3.8, 4) is 45.3 Å². The Morgan fingerprint density at radius 1 is 0.500 bits per heavy atom. The Morgan fingerprint density at radius 3 is 1.36 bits per heavy atom.